The van der Waals surface area contributed by atoms with Gasteiger partial charge in [-0.3, -0.25) is 9.88 Å². The van der Waals surface area contributed by atoms with Gasteiger partial charge in [0.2, 0.25) is 0 Å². The fourth-order valence-electron chi connectivity index (χ4n) is 5.16. The molecule has 1 unspecified atom stereocenters. The van der Waals surface area contributed by atoms with Gasteiger partial charge in [-0.15, -0.1) is 0 Å². The Morgan fingerprint density at radius 2 is 2.05 bits per heavy atom. The molecule has 0 amide bonds. The van der Waals surface area contributed by atoms with E-state index in [1.807, 2.05) is 43.5 Å². The zero-order chi connectivity index (χ0) is 25.2. The Balaban J connectivity index is 1.33. The molecule has 186 valence electrons. The SMILES string of the molecule is Cc1cccc(-c2[nH]c(CNC3=C(CN4CCCC4)C(C#N)CC=C3)nc2-c2ccc3ncnn3c2)n1. The second kappa shape index (κ2) is 9.99. The lowest BCUT2D eigenvalue weighted by Crippen LogP contribution is -2.29. The van der Waals surface area contributed by atoms with E-state index in [-0.39, 0.29) is 5.92 Å². The van der Waals surface area contributed by atoms with Gasteiger partial charge in [0.05, 0.1) is 35.6 Å². The zero-order valence-corrected chi connectivity index (χ0v) is 20.9. The number of nitrogens with one attached hydrogen (secondary N) is 2. The van der Waals surface area contributed by atoms with Crippen LogP contribution in [0, 0.1) is 24.2 Å². The highest BCUT2D eigenvalue weighted by molar-refractivity contribution is 5.77. The number of nitrogens with zero attached hydrogens (tertiary/aromatic N) is 7. The lowest BCUT2D eigenvalue weighted by Gasteiger charge is -2.25. The first-order valence-corrected chi connectivity index (χ1v) is 12.8. The van der Waals surface area contributed by atoms with Gasteiger partial charge in [-0.25, -0.2) is 14.5 Å². The molecular weight excluding hydrogens is 462 g/mol. The third-order valence-corrected chi connectivity index (χ3v) is 7.06. The van der Waals surface area contributed by atoms with Gasteiger partial charge in [0.1, 0.15) is 12.2 Å². The molecule has 0 saturated carbocycles. The highest BCUT2D eigenvalue weighted by Crippen LogP contribution is 2.30. The van der Waals surface area contributed by atoms with Crippen LogP contribution in [0.5, 0.6) is 0 Å². The Bertz CT molecular complexity index is 1530. The summed E-state index contributed by atoms with van der Waals surface area (Å²) in [6, 6.07) is 12.4. The second-order valence-corrected chi connectivity index (χ2v) is 9.65. The molecule has 2 aliphatic rings. The van der Waals surface area contributed by atoms with Crippen LogP contribution in [0.1, 0.15) is 30.8 Å². The average Bonchev–Trinajstić information content (AvgIpc) is 3.68. The Morgan fingerprint density at radius 3 is 2.89 bits per heavy atom. The zero-order valence-electron chi connectivity index (χ0n) is 20.9. The minimum atomic E-state index is -0.0956. The quantitative estimate of drug-likeness (QED) is 0.402. The van der Waals surface area contributed by atoms with E-state index in [4.69, 9.17) is 9.97 Å². The van der Waals surface area contributed by atoms with Crippen molar-refractivity contribution in [2.75, 3.05) is 19.6 Å². The summed E-state index contributed by atoms with van der Waals surface area (Å²) in [7, 11) is 0. The Morgan fingerprint density at radius 1 is 1.16 bits per heavy atom. The minimum absolute atomic E-state index is 0.0956. The Labute approximate surface area is 215 Å². The van der Waals surface area contributed by atoms with Crippen molar-refractivity contribution in [3.63, 3.8) is 0 Å². The van der Waals surface area contributed by atoms with E-state index in [9.17, 15) is 5.26 Å². The molecule has 1 aliphatic heterocycles. The van der Waals surface area contributed by atoms with Crippen molar-refractivity contribution >= 4 is 5.65 Å². The summed E-state index contributed by atoms with van der Waals surface area (Å²) < 4.78 is 1.75. The van der Waals surface area contributed by atoms with Gasteiger partial charge in [-0.1, -0.05) is 12.1 Å². The number of hydrogen-bond donors (Lipinski definition) is 2. The average molecular weight is 492 g/mol. The van der Waals surface area contributed by atoms with Gasteiger partial charge < -0.3 is 10.3 Å². The number of aryl methyl sites for hydroxylation is 1. The molecule has 1 saturated heterocycles. The van der Waals surface area contributed by atoms with Gasteiger partial charge in [0, 0.05) is 29.7 Å². The summed E-state index contributed by atoms with van der Waals surface area (Å²) in [5, 5.41) is 17.7. The standard InChI is InChI=1S/C28H29N9/c1-19-6-4-9-24(33-19)28-27(21-10-11-26-31-18-32-37(26)16-21)34-25(35-28)15-30-23-8-5-7-20(14-29)22(23)17-36-12-2-3-13-36/h4-6,8-11,16,18,20,30H,2-3,7,12-13,15,17H2,1H3,(H,34,35). The molecule has 4 aromatic rings. The molecule has 0 aromatic carbocycles. The number of hydrogen-bond acceptors (Lipinski definition) is 7. The highest BCUT2D eigenvalue weighted by Gasteiger charge is 2.24. The number of rotatable bonds is 7. The molecule has 1 atom stereocenters. The number of H-pyrrole nitrogens is 1. The lowest BCUT2D eigenvalue weighted by atomic mass is 9.90. The molecule has 4 aromatic heterocycles. The number of aromatic nitrogens is 6. The van der Waals surface area contributed by atoms with Crippen LogP contribution in [0.2, 0.25) is 0 Å². The molecule has 9 heteroatoms. The summed E-state index contributed by atoms with van der Waals surface area (Å²) in [5.41, 5.74) is 7.37. The molecule has 6 rings (SSSR count). The maximum Gasteiger partial charge on any atom is 0.155 e. The molecule has 0 spiro atoms. The van der Waals surface area contributed by atoms with E-state index in [1.165, 1.54) is 18.4 Å². The first-order valence-electron chi connectivity index (χ1n) is 12.8. The topological polar surface area (TPSA) is 111 Å². The Hall–Kier alpha value is -4.29. The highest BCUT2D eigenvalue weighted by atomic mass is 15.3. The van der Waals surface area contributed by atoms with Gasteiger partial charge >= 0.3 is 0 Å². The lowest BCUT2D eigenvalue weighted by molar-refractivity contribution is 0.356. The second-order valence-electron chi connectivity index (χ2n) is 9.65. The van der Waals surface area contributed by atoms with Crippen LogP contribution >= 0.6 is 0 Å². The maximum absolute atomic E-state index is 9.81. The summed E-state index contributed by atoms with van der Waals surface area (Å²) in [5.74, 6) is 0.703. The normalized spacial score (nSPS) is 18.0. The molecule has 37 heavy (non-hydrogen) atoms. The first kappa shape index (κ1) is 23.1. The molecule has 0 bridgehead atoms. The van der Waals surface area contributed by atoms with Crippen LogP contribution in [-0.2, 0) is 6.54 Å². The van der Waals surface area contributed by atoms with Gasteiger partial charge in [-0.05, 0) is 75.2 Å². The molecule has 9 nitrogen and oxygen atoms in total. The number of likely N-dealkylation sites (tertiary alicyclic amines) is 1. The van der Waals surface area contributed by atoms with Gasteiger partial charge in [0.15, 0.2) is 5.65 Å². The fourth-order valence-corrected chi connectivity index (χ4v) is 5.16. The number of aromatic amines is 1. The summed E-state index contributed by atoms with van der Waals surface area (Å²) in [4.78, 5) is 20.0. The van der Waals surface area contributed by atoms with Gasteiger partial charge in [-0.2, -0.15) is 10.4 Å². The predicted molar refractivity (Wildman–Crippen MR) is 141 cm³/mol. The van der Waals surface area contributed by atoms with Crippen LogP contribution in [0.15, 0.2) is 66.3 Å². The molecular formula is C28H29N9. The predicted octanol–water partition coefficient (Wildman–Crippen LogP) is 4.03. The van der Waals surface area contributed by atoms with Crippen molar-refractivity contribution in [1.29, 1.82) is 5.26 Å². The number of nitriles is 1. The van der Waals surface area contributed by atoms with E-state index in [0.29, 0.717) is 6.54 Å². The van der Waals surface area contributed by atoms with Crippen molar-refractivity contribution in [2.45, 2.75) is 32.7 Å². The van der Waals surface area contributed by atoms with Crippen LogP contribution in [0.3, 0.4) is 0 Å². The van der Waals surface area contributed by atoms with Crippen LogP contribution in [-0.4, -0.2) is 54.1 Å². The van der Waals surface area contributed by atoms with E-state index in [1.54, 1.807) is 10.8 Å². The smallest absolute Gasteiger partial charge is 0.155 e. The number of fused-ring (bicyclic) bond motifs is 1. The first-order chi connectivity index (χ1) is 18.2. The van der Waals surface area contributed by atoms with Crippen molar-refractivity contribution in [3.8, 4) is 28.7 Å². The van der Waals surface area contributed by atoms with Gasteiger partial charge in [0.25, 0.3) is 0 Å². The fraction of sp³-hybridized carbons (Fsp3) is 0.321. The van der Waals surface area contributed by atoms with Crippen molar-refractivity contribution < 1.29 is 0 Å². The Kier molecular flexibility index (Phi) is 6.25. The number of allylic oxidation sites excluding steroid dienone is 2. The van der Waals surface area contributed by atoms with Crippen molar-refractivity contribution in [1.82, 2.24) is 39.8 Å². The van der Waals surface area contributed by atoms with E-state index < -0.39 is 0 Å². The minimum Gasteiger partial charge on any atom is -0.378 e. The molecule has 0 radical (unpaired) electrons. The van der Waals surface area contributed by atoms with E-state index in [2.05, 4.69) is 43.5 Å². The molecule has 5 heterocycles. The summed E-state index contributed by atoms with van der Waals surface area (Å²) in [6.45, 7) is 5.53. The third-order valence-electron chi connectivity index (χ3n) is 7.06. The molecule has 1 fully saturated rings. The molecule has 2 N–H and O–H groups in total. The third kappa shape index (κ3) is 4.76. The van der Waals surface area contributed by atoms with E-state index in [0.717, 1.165) is 71.6 Å². The molecule has 1 aliphatic carbocycles. The summed E-state index contributed by atoms with van der Waals surface area (Å²) >= 11 is 0. The number of imidazole rings is 1. The van der Waals surface area contributed by atoms with E-state index >= 15 is 0 Å². The van der Waals surface area contributed by atoms with Crippen molar-refractivity contribution in [2.24, 2.45) is 5.92 Å². The van der Waals surface area contributed by atoms with Crippen LogP contribution in [0.4, 0.5) is 0 Å². The monoisotopic (exact) mass is 491 g/mol. The number of pyridine rings is 2. The van der Waals surface area contributed by atoms with Crippen LogP contribution in [0.25, 0.3) is 28.3 Å². The largest absolute Gasteiger partial charge is 0.378 e. The maximum atomic E-state index is 9.81. The van der Waals surface area contributed by atoms with Crippen molar-refractivity contribution in [3.05, 3.63) is 77.8 Å². The van der Waals surface area contributed by atoms with Crippen LogP contribution < -0.4 is 5.32 Å². The summed E-state index contributed by atoms with van der Waals surface area (Å²) in [6.07, 6.45) is 10.9.